The van der Waals surface area contributed by atoms with Gasteiger partial charge in [-0.15, -0.1) is 0 Å². The summed E-state index contributed by atoms with van der Waals surface area (Å²) in [6.45, 7) is 1.94. The van der Waals surface area contributed by atoms with Gasteiger partial charge in [0.15, 0.2) is 0 Å². The van der Waals surface area contributed by atoms with Crippen LogP contribution >= 0.6 is 0 Å². The van der Waals surface area contributed by atoms with Crippen LogP contribution in [0.1, 0.15) is 0 Å². The van der Waals surface area contributed by atoms with Crippen molar-refractivity contribution in [1.82, 2.24) is 5.32 Å². The van der Waals surface area contributed by atoms with Crippen LogP contribution < -0.4 is 5.32 Å². The highest BCUT2D eigenvalue weighted by Gasteiger charge is 2.17. The van der Waals surface area contributed by atoms with E-state index in [9.17, 15) is 8.42 Å². The Hall–Kier alpha value is -0.130. The summed E-state index contributed by atoms with van der Waals surface area (Å²) in [4.78, 5) is 0. The third kappa shape index (κ3) is 3.69. The molecule has 1 atom stereocenters. The minimum atomic E-state index is -2.87. The molecule has 0 unspecified atom stereocenters. The molecule has 0 amide bonds. The molecule has 1 heterocycles. The number of rotatable bonds is 2. The molecular weight excluding hydrogens is 166 g/mol. The fourth-order valence-electron chi connectivity index (χ4n) is 1.09. The largest absolute Gasteiger partial charge is 0.378 e. The van der Waals surface area contributed by atoms with Gasteiger partial charge in [0.25, 0.3) is 0 Å². The van der Waals surface area contributed by atoms with E-state index < -0.39 is 9.84 Å². The summed E-state index contributed by atoms with van der Waals surface area (Å²) in [5.74, 6) is 0.174. The topological polar surface area (TPSA) is 55.4 Å². The van der Waals surface area contributed by atoms with Gasteiger partial charge in [-0.1, -0.05) is 0 Å². The monoisotopic (exact) mass is 179 g/mol. The maximum atomic E-state index is 10.8. The van der Waals surface area contributed by atoms with Gasteiger partial charge in [0.1, 0.15) is 9.84 Å². The van der Waals surface area contributed by atoms with Gasteiger partial charge in [-0.25, -0.2) is 8.42 Å². The van der Waals surface area contributed by atoms with Crippen LogP contribution in [-0.2, 0) is 14.6 Å². The number of nitrogens with one attached hydrogen (secondary N) is 1. The van der Waals surface area contributed by atoms with Gasteiger partial charge in [0, 0.05) is 18.8 Å². The molecule has 0 aliphatic carbocycles. The molecule has 0 aromatic rings. The van der Waals surface area contributed by atoms with E-state index in [2.05, 4.69) is 5.32 Å². The van der Waals surface area contributed by atoms with Gasteiger partial charge < -0.3 is 10.1 Å². The second-order valence-corrected chi connectivity index (χ2v) is 5.00. The molecule has 1 fully saturated rings. The third-order valence-electron chi connectivity index (χ3n) is 1.50. The van der Waals surface area contributed by atoms with Crippen LogP contribution in [0.25, 0.3) is 0 Å². The SMILES string of the molecule is CS(=O)(=O)C[C@@H]1COCCN1. The predicted octanol–water partition coefficient (Wildman–Crippen LogP) is -0.981. The molecule has 0 saturated carbocycles. The zero-order valence-electron chi connectivity index (χ0n) is 6.54. The Morgan fingerprint density at radius 3 is 2.82 bits per heavy atom. The van der Waals surface area contributed by atoms with E-state index in [0.29, 0.717) is 13.2 Å². The van der Waals surface area contributed by atoms with Crippen molar-refractivity contribution in [3.05, 3.63) is 0 Å². The Morgan fingerprint density at radius 2 is 2.36 bits per heavy atom. The highest BCUT2D eigenvalue weighted by Crippen LogP contribution is 1.96. The highest BCUT2D eigenvalue weighted by molar-refractivity contribution is 7.90. The average Bonchev–Trinajstić information content (AvgIpc) is 1.85. The molecule has 11 heavy (non-hydrogen) atoms. The third-order valence-corrected chi connectivity index (χ3v) is 2.51. The number of hydrogen-bond acceptors (Lipinski definition) is 4. The van der Waals surface area contributed by atoms with Crippen molar-refractivity contribution in [3.63, 3.8) is 0 Å². The number of hydrogen-bond donors (Lipinski definition) is 1. The highest BCUT2D eigenvalue weighted by atomic mass is 32.2. The van der Waals surface area contributed by atoms with Crippen molar-refractivity contribution >= 4 is 9.84 Å². The van der Waals surface area contributed by atoms with Crippen LogP contribution in [0.3, 0.4) is 0 Å². The Morgan fingerprint density at radius 1 is 1.64 bits per heavy atom. The van der Waals surface area contributed by atoms with Crippen LogP contribution in [0.2, 0.25) is 0 Å². The van der Waals surface area contributed by atoms with E-state index >= 15 is 0 Å². The maximum absolute atomic E-state index is 10.8. The van der Waals surface area contributed by atoms with Crippen LogP contribution in [0.4, 0.5) is 0 Å². The first-order valence-corrected chi connectivity index (χ1v) is 5.63. The molecule has 1 aliphatic heterocycles. The van der Waals surface area contributed by atoms with Gasteiger partial charge >= 0.3 is 0 Å². The summed E-state index contributed by atoms with van der Waals surface area (Å²) in [7, 11) is -2.87. The summed E-state index contributed by atoms with van der Waals surface area (Å²) in [5, 5.41) is 3.07. The van der Waals surface area contributed by atoms with Crippen molar-refractivity contribution in [2.24, 2.45) is 0 Å². The molecule has 1 aliphatic rings. The molecule has 0 aromatic carbocycles. The Bertz CT molecular complexity index is 206. The summed E-state index contributed by atoms with van der Waals surface area (Å²) in [6, 6.07) is -0.0150. The maximum Gasteiger partial charge on any atom is 0.149 e. The number of sulfone groups is 1. The minimum Gasteiger partial charge on any atom is -0.378 e. The Balaban J connectivity index is 2.36. The molecule has 1 N–H and O–H groups in total. The van der Waals surface area contributed by atoms with E-state index in [-0.39, 0.29) is 11.8 Å². The Labute approximate surface area is 66.8 Å². The van der Waals surface area contributed by atoms with Gasteiger partial charge in [-0.05, 0) is 0 Å². The average molecular weight is 179 g/mol. The quantitative estimate of drug-likeness (QED) is 0.592. The van der Waals surface area contributed by atoms with E-state index in [4.69, 9.17) is 4.74 Å². The summed E-state index contributed by atoms with van der Waals surface area (Å²) >= 11 is 0. The van der Waals surface area contributed by atoms with Crippen molar-refractivity contribution in [2.75, 3.05) is 31.8 Å². The first-order chi connectivity index (χ1) is 5.08. The lowest BCUT2D eigenvalue weighted by molar-refractivity contribution is 0.0832. The normalized spacial score (nSPS) is 26.8. The fraction of sp³-hybridized carbons (Fsp3) is 1.00. The van der Waals surface area contributed by atoms with Crippen molar-refractivity contribution in [3.8, 4) is 0 Å². The lowest BCUT2D eigenvalue weighted by Crippen LogP contribution is -2.45. The smallest absolute Gasteiger partial charge is 0.149 e. The molecule has 1 rings (SSSR count). The van der Waals surface area contributed by atoms with Crippen LogP contribution in [-0.4, -0.2) is 46.2 Å². The minimum absolute atomic E-state index is 0.0150. The predicted molar refractivity (Wildman–Crippen MR) is 42.3 cm³/mol. The first-order valence-electron chi connectivity index (χ1n) is 3.57. The van der Waals surface area contributed by atoms with E-state index in [1.807, 2.05) is 0 Å². The fourth-order valence-corrected chi connectivity index (χ4v) is 2.04. The molecule has 0 bridgehead atoms. The molecule has 0 aromatic heterocycles. The lowest BCUT2D eigenvalue weighted by Gasteiger charge is -2.22. The standard InChI is InChI=1S/C6H13NO3S/c1-11(8,9)5-6-4-10-3-2-7-6/h6-7H,2-5H2,1H3/t6-/m0/s1. The van der Waals surface area contributed by atoms with Crippen LogP contribution in [0.15, 0.2) is 0 Å². The van der Waals surface area contributed by atoms with Gasteiger partial charge in [-0.2, -0.15) is 0 Å². The van der Waals surface area contributed by atoms with E-state index in [1.165, 1.54) is 6.26 Å². The van der Waals surface area contributed by atoms with Gasteiger partial charge in [0.05, 0.1) is 19.0 Å². The molecule has 5 heteroatoms. The Kier molecular flexibility index (Phi) is 2.86. The van der Waals surface area contributed by atoms with Crippen molar-refractivity contribution in [2.45, 2.75) is 6.04 Å². The van der Waals surface area contributed by atoms with Crippen molar-refractivity contribution < 1.29 is 13.2 Å². The summed E-state index contributed by atoms with van der Waals surface area (Å²) in [6.07, 6.45) is 1.24. The lowest BCUT2D eigenvalue weighted by atomic mass is 10.3. The molecule has 66 valence electrons. The number of ether oxygens (including phenoxy) is 1. The second-order valence-electron chi connectivity index (χ2n) is 2.82. The first kappa shape index (κ1) is 8.96. The van der Waals surface area contributed by atoms with Gasteiger partial charge in [0.2, 0.25) is 0 Å². The summed E-state index contributed by atoms with van der Waals surface area (Å²) < 4.78 is 26.7. The molecule has 0 spiro atoms. The summed E-state index contributed by atoms with van der Waals surface area (Å²) in [5.41, 5.74) is 0. The zero-order chi connectivity index (χ0) is 8.32. The second kappa shape index (κ2) is 3.51. The van der Waals surface area contributed by atoms with Crippen LogP contribution in [0, 0.1) is 0 Å². The molecule has 4 nitrogen and oxygen atoms in total. The van der Waals surface area contributed by atoms with Crippen molar-refractivity contribution in [1.29, 1.82) is 0 Å². The van der Waals surface area contributed by atoms with E-state index in [0.717, 1.165) is 6.54 Å². The number of morpholine rings is 1. The zero-order valence-corrected chi connectivity index (χ0v) is 7.36. The van der Waals surface area contributed by atoms with Gasteiger partial charge in [-0.3, -0.25) is 0 Å². The van der Waals surface area contributed by atoms with E-state index in [1.54, 1.807) is 0 Å². The van der Waals surface area contributed by atoms with Crippen LogP contribution in [0.5, 0.6) is 0 Å². The molecular formula is C6H13NO3S. The molecule has 0 radical (unpaired) electrons. The molecule has 1 saturated heterocycles.